The largest absolute Gasteiger partial charge is 0.488 e. The molecule has 0 spiro atoms. The van der Waals surface area contributed by atoms with E-state index in [1.54, 1.807) is 6.20 Å². The molecule has 2 aromatic rings. The van der Waals surface area contributed by atoms with Gasteiger partial charge in [0.25, 0.3) is 0 Å². The van der Waals surface area contributed by atoms with Crippen molar-refractivity contribution in [1.29, 1.82) is 0 Å². The topological polar surface area (TPSA) is 22.1 Å². The van der Waals surface area contributed by atoms with Crippen molar-refractivity contribution < 1.29 is 4.74 Å². The Bertz CT molecular complexity index is 505. The minimum Gasteiger partial charge on any atom is -0.488 e. The first-order chi connectivity index (χ1) is 8.16. The molecule has 0 saturated heterocycles. The smallest absolute Gasteiger partial charge is 0.125 e. The van der Waals surface area contributed by atoms with E-state index in [2.05, 4.69) is 46.9 Å². The molecule has 88 valence electrons. The first kappa shape index (κ1) is 12.1. The quantitative estimate of drug-likeness (QED) is 0.851. The lowest BCUT2D eigenvalue weighted by Crippen LogP contribution is -1.99. The molecule has 0 aliphatic rings. The molecular weight excluding hydrogens is 278 g/mol. The van der Waals surface area contributed by atoms with Gasteiger partial charge in [0.1, 0.15) is 12.4 Å². The fourth-order valence-corrected chi connectivity index (χ4v) is 2.13. The molecule has 1 aromatic carbocycles. The van der Waals surface area contributed by atoms with Crippen molar-refractivity contribution in [3.63, 3.8) is 0 Å². The van der Waals surface area contributed by atoms with E-state index in [1.807, 2.05) is 18.3 Å². The fourth-order valence-electron chi connectivity index (χ4n) is 1.72. The van der Waals surface area contributed by atoms with E-state index in [0.717, 1.165) is 26.9 Å². The van der Waals surface area contributed by atoms with Gasteiger partial charge in [-0.1, -0.05) is 18.2 Å². The van der Waals surface area contributed by atoms with Gasteiger partial charge in [0.05, 0.1) is 0 Å². The van der Waals surface area contributed by atoms with Crippen LogP contribution >= 0.6 is 15.9 Å². The normalized spacial score (nSPS) is 10.3. The van der Waals surface area contributed by atoms with Crippen LogP contribution in [0, 0.1) is 13.8 Å². The van der Waals surface area contributed by atoms with Gasteiger partial charge in [-0.2, -0.15) is 0 Å². The highest BCUT2D eigenvalue weighted by molar-refractivity contribution is 9.10. The number of aromatic nitrogens is 1. The van der Waals surface area contributed by atoms with Gasteiger partial charge in [0.15, 0.2) is 0 Å². The Labute approximate surface area is 110 Å². The molecule has 1 aromatic heterocycles. The van der Waals surface area contributed by atoms with Crippen LogP contribution in [0.1, 0.15) is 16.7 Å². The number of pyridine rings is 1. The number of rotatable bonds is 3. The maximum atomic E-state index is 5.85. The number of nitrogens with zero attached hydrogens (tertiary/aromatic N) is 1. The highest BCUT2D eigenvalue weighted by atomic mass is 79.9. The summed E-state index contributed by atoms with van der Waals surface area (Å²) >= 11 is 3.40. The Morgan fingerprint density at radius 1 is 1.18 bits per heavy atom. The van der Waals surface area contributed by atoms with Gasteiger partial charge >= 0.3 is 0 Å². The van der Waals surface area contributed by atoms with E-state index < -0.39 is 0 Å². The van der Waals surface area contributed by atoms with E-state index in [9.17, 15) is 0 Å². The number of para-hydroxylation sites is 1. The minimum absolute atomic E-state index is 0.540. The number of halogens is 1. The van der Waals surface area contributed by atoms with Crippen LogP contribution in [0.2, 0.25) is 0 Å². The molecule has 0 bridgehead atoms. The average Bonchev–Trinajstić information content (AvgIpc) is 2.28. The Morgan fingerprint density at radius 3 is 2.53 bits per heavy atom. The van der Waals surface area contributed by atoms with E-state index in [-0.39, 0.29) is 0 Å². The Morgan fingerprint density at radius 2 is 1.88 bits per heavy atom. The second-order valence-corrected chi connectivity index (χ2v) is 4.94. The molecule has 0 N–H and O–H groups in total. The zero-order valence-corrected chi connectivity index (χ0v) is 11.5. The fraction of sp³-hybridized carbons (Fsp3) is 0.214. The summed E-state index contributed by atoms with van der Waals surface area (Å²) in [6.45, 7) is 4.65. The third kappa shape index (κ3) is 3.07. The Hall–Kier alpha value is -1.35. The van der Waals surface area contributed by atoms with Gasteiger partial charge in [-0.15, -0.1) is 0 Å². The zero-order valence-electron chi connectivity index (χ0n) is 9.90. The van der Waals surface area contributed by atoms with Crippen molar-refractivity contribution in [3.05, 3.63) is 57.8 Å². The summed E-state index contributed by atoms with van der Waals surface area (Å²) in [6, 6.07) is 8.17. The van der Waals surface area contributed by atoms with Crippen molar-refractivity contribution in [3.8, 4) is 5.75 Å². The first-order valence-corrected chi connectivity index (χ1v) is 6.24. The van der Waals surface area contributed by atoms with Gasteiger partial charge in [-0.3, -0.25) is 4.98 Å². The van der Waals surface area contributed by atoms with Gasteiger partial charge in [0, 0.05) is 22.4 Å². The predicted octanol–water partition coefficient (Wildman–Crippen LogP) is 4.04. The monoisotopic (exact) mass is 291 g/mol. The molecule has 0 unspecified atom stereocenters. The molecule has 0 amide bonds. The summed E-state index contributed by atoms with van der Waals surface area (Å²) in [5, 5.41) is 0. The van der Waals surface area contributed by atoms with E-state index in [0.29, 0.717) is 6.61 Å². The van der Waals surface area contributed by atoms with E-state index >= 15 is 0 Å². The zero-order chi connectivity index (χ0) is 12.3. The molecule has 2 rings (SSSR count). The number of benzene rings is 1. The lowest BCUT2D eigenvalue weighted by atomic mass is 10.1. The number of hydrogen-bond donors (Lipinski definition) is 0. The summed E-state index contributed by atoms with van der Waals surface area (Å²) in [5.41, 5.74) is 3.38. The van der Waals surface area contributed by atoms with Crippen molar-refractivity contribution >= 4 is 15.9 Å². The van der Waals surface area contributed by atoms with Crippen molar-refractivity contribution in [2.24, 2.45) is 0 Å². The molecular formula is C14H14BrNO. The lowest BCUT2D eigenvalue weighted by Gasteiger charge is -2.11. The predicted molar refractivity (Wildman–Crippen MR) is 72.2 cm³/mol. The van der Waals surface area contributed by atoms with Gasteiger partial charge in [-0.05, 0) is 47.0 Å². The molecule has 1 heterocycles. The van der Waals surface area contributed by atoms with Crippen LogP contribution in [0.4, 0.5) is 0 Å². The Balaban J connectivity index is 2.13. The van der Waals surface area contributed by atoms with E-state index in [1.165, 1.54) is 0 Å². The SMILES string of the molecule is Cc1cccc(C)c1OCc1cncc(Br)c1. The second-order valence-electron chi connectivity index (χ2n) is 4.02. The highest BCUT2D eigenvalue weighted by Gasteiger charge is 2.03. The summed E-state index contributed by atoms with van der Waals surface area (Å²) in [7, 11) is 0. The van der Waals surface area contributed by atoms with Crippen molar-refractivity contribution in [2.75, 3.05) is 0 Å². The second kappa shape index (κ2) is 5.32. The molecule has 0 fully saturated rings. The molecule has 17 heavy (non-hydrogen) atoms. The molecule has 0 atom stereocenters. The highest BCUT2D eigenvalue weighted by Crippen LogP contribution is 2.23. The van der Waals surface area contributed by atoms with Crippen LogP contribution in [-0.4, -0.2) is 4.98 Å². The minimum atomic E-state index is 0.540. The van der Waals surface area contributed by atoms with Crippen LogP contribution in [0.3, 0.4) is 0 Å². The maximum absolute atomic E-state index is 5.85. The third-order valence-electron chi connectivity index (χ3n) is 2.55. The number of aryl methyl sites for hydroxylation is 2. The molecule has 0 aliphatic heterocycles. The average molecular weight is 292 g/mol. The van der Waals surface area contributed by atoms with Crippen LogP contribution in [0.15, 0.2) is 41.1 Å². The van der Waals surface area contributed by atoms with Crippen LogP contribution in [0.25, 0.3) is 0 Å². The van der Waals surface area contributed by atoms with E-state index in [4.69, 9.17) is 4.74 Å². The molecule has 0 radical (unpaired) electrons. The van der Waals surface area contributed by atoms with Gasteiger partial charge < -0.3 is 4.74 Å². The Kier molecular flexibility index (Phi) is 3.79. The molecule has 0 aliphatic carbocycles. The third-order valence-corrected chi connectivity index (χ3v) is 2.99. The number of ether oxygens (including phenoxy) is 1. The van der Waals surface area contributed by atoms with Crippen molar-refractivity contribution in [1.82, 2.24) is 4.98 Å². The van der Waals surface area contributed by atoms with Crippen LogP contribution in [0.5, 0.6) is 5.75 Å². The first-order valence-electron chi connectivity index (χ1n) is 5.45. The van der Waals surface area contributed by atoms with Crippen molar-refractivity contribution in [2.45, 2.75) is 20.5 Å². The standard InChI is InChI=1S/C14H14BrNO/c1-10-4-3-5-11(2)14(10)17-9-12-6-13(15)8-16-7-12/h3-8H,9H2,1-2H3. The van der Waals surface area contributed by atoms with Gasteiger partial charge in [0.2, 0.25) is 0 Å². The van der Waals surface area contributed by atoms with Crippen LogP contribution < -0.4 is 4.74 Å². The maximum Gasteiger partial charge on any atom is 0.125 e. The summed E-state index contributed by atoms with van der Waals surface area (Å²) in [6.07, 6.45) is 3.58. The molecule has 0 saturated carbocycles. The summed E-state index contributed by atoms with van der Waals surface area (Å²) in [5.74, 6) is 0.965. The number of hydrogen-bond acceptors (Lipinski definition) is 2. The molecule has 3 heteroatoms. The van der Waals surface area contributed by atoms with Gasteiger partial charge in [-0.25, -0.2) is 0 Å². The molecule has 2 nitrogen and oxygen atoms in total. The summed E-state index contributed by atoms with van der Waals surface area (Å²) < 4.78 is 6.82. The van der Waals surface area contributed by atoms with Crippen LogP contribution in [-0.2, 0) is 6.61 Å². The lowest BCUT2D eigenvalue weighted by molar-refractivity contribution is 0.301. The summed E-state index contributed by atoms with van der Waals surface area (Å²) in [4.78, 5) is 4.11.